The summed E-state index contributed by atoms with van der Waals surface area (Å²) in [4.78, 5) is 24.5. The maximum atomic E-state index is 12.3. The van der Waals surface area contributed by atoms with E-state index in [2.05, 4.69) is 233 Å². The zero-order valence-corrected chi connectivity index (χ0v) is 47.7. The highest BCUT2D eigenvalue weighted by Gasteiger charge is 2.16. The van der Waals surface area contributed by atoms with E-state index in [4.69, 9.17) is 9.47 Å². The van der Waals surface area contributed by atoms with Gasteiger partial charge >= 0.3 is 11.9 Å². The summed E-state index contributed by atoms with van der Waals surface area (Å²) >= 11 is 0. The maximum Gasteiger partial charge on any atom is 0.306 e. The molecule has 5 heteroatoms. The lowest BCUT2D eigenvalue weighted by Gasteiger charge is -2.15. The van der Waals surface area contributed by atoms with Crippen molar-refractivity contribution in [1.29, 1.82) is 0 Å². The van der Waals surface area contributed by atoms with Crippen LogP contribution < -0.4 is 0 Å². The van der Waals surface area contributed by atoms with Crippen molar-refractivity contribution >= 4 is 11.9 Å². The van der Waals surface area contributed by atoms with Crippen molar-refractivity contribution in [3.8, 4) is 0 Å². The molecule has 0 spiro atoms. The maximum absolute atomic E-state index is 12.3. The number of carbonyl (C=O) groups excluding carboxylic acids is 2. The minimum atomic E-state index is -0.823. The standard InChI is InChI=1S/C71H104O5/c1-3-5-7-9-11-13-15-17-19-21-23-25-26-27-28-29-30-31-32-33-34-35-36-37-38-39-40-41-42-43-44-46-48-50-52-54-56-58-60-62-64-66-71(74)76-69(67-72)68-75-70(73)65-63-61-59-57-55-53-51-49-47-45-24-22-20-18-16-14-12-10-8-6-4-2/h5-8,11-14,17-20,23-25,27-28,30-31,33-34,36-37,39-40,42-43,45-46,48-49,51-52,54-55,57,69,72H,3-4,9-10,15-16,21-22,26,29,32,35,38,41,44,47,50,53,56,58-68H2,1-2H3/b7-5-,8-6-,13-11-,14-12-,19-17-,20-18-,25-23-,28-27-,31-30-,34-33-,37-36-,40-39-,43-42-,45-24-,48-46-,51-49-,54-52-,57-55-. The summed E-state index contributed by atoms with van der Waals surface area (Å²) in [6.07, 6.45) is 105. The van der Waals surface area contributed by atoms with Gasteiger partial charge in [-0.05, 0) is 154 Å². The van der Waals surface area contributed by atoms with E-state index in [0.717, 1.165) is 167 Å². The number of rotatable bonds is 50. The number of hydrogen-bond donors (Lipinski definition) is 1. The lowest BCUT2D eigenvalue weighted by Crippen LogP contribution is -2.28. The summed E-state index contributed by atoms with van der Waals surface area (Å²) in [7, 11) is 0. The third-order valence-electron chi connectivity index (χ3n) is 11.3. The van der Waals surface area contributed by atoms with E-state index in [9.17, 15) is 14.7 Å². The molecule has 0 fully saturated rings. The Hall–Kier alpha value is -5.78. The van der Waals surface area contributed by atoms with E-state index in [1.54, 1.807) is 0 Å². The van der Waals surface area contributed by atoms with Gasteiger partial charge < -0.3 is 14.6 Å². The molecule has 0 heterocycles. The van der Waals surface area contributed by atoms with Crippen LogP contribution in [0.4, 0.5) is 0 Å². The molecular weight excluding hydrogens is 933 g/mol. The number of carbonyl (C=O) groups is 2. The van der Waals surface area contributed by atoms with E-state index in [1.165, 1.54) is 0 Å². The van der Waals surface area contributed by atoms with Crippen LogP contribution in [-0.4, -0.2) is 36.4 Å². The van der Waals surface area contributed by atoms with Crippen LogP contribution in [0.1, 0.15) is 194 Å². The van der Waals surface area contributed by atoms with Gasteiger partial charge in [0.25, 0.3) is 0 Å². The van der Waals surface area contributed by atoms with Gasteiger partial charge in [0.2, 0.25) is 0 Å². The first-order chi connectivity index (χ1) is 37.6. The Morgan fingerprint density at radius 3 is 0.803 bits per heavy atom. The Kier molecular flexibility index (Phi) is 58.7. The fraction of sp³-hybridized carbons (Fsp3) is 0.465. The second-order valence-corrected chi connectivity index (χ2v) is 18.2. The van der Waals surface area contributed by atoms with Crippen LogP contribution in [0.2, 0.25) is 0 Å². The summed E-state index contributed by atoms with van der Waals surface area (Å²) in [6, 6.07) is 0. The molecule has 1 atom stereocenters. The molecule has 0 bridgehead atoms. The first-order valence-electron chi connectivity index (χ1n) is 29.3. The Balaban J connectivity index is 3.74. The molecule has 0 aromatic carbocycles. The molecule has 0 aromatic rings. The summed E-state index contributed by atoms with van der Waals surface area (Å²) in [6.45, 7) is 3.83. The third kappa shape index (κ3) is 60.8. The van der Waals surface area contributed by atoms with Crippen LogP contribution in [0.5, 0.6) is 0 Å². The quantitative estimate of drug-likeness (QED) is 0.0373. The topological polar surface area (TPSA) is 72.8 Å². The largest absolute Gasteiger partial charge is 0.462 e. The van der Waals surface area contributed by atoms with Gasteiger partial charge in [0.05, 0.1) is 6.61 Å². The molecule has 0 rings (SSSR count). The molecule has 0 aliphatic rings. The molecule has 0 radical (unpaired) electrons. The molecule has 0 aromatic heterocycles. The van der Waals surface area contributed by atoms with Crippen molar-refractivity contribution in [2.24, 2.45) is 0 Å². The zero-order chi connectivity index (χ0) is 54.8. The fourth-order valence-corrected chi connectivity index (χ4v) is 6.95. The van der Waals surface area contributed by atoms with Crippen LogP contribution in [0.3, 0.4) is 0 Å². The zero-order valence-electron chi connectivity index (χ0n) is 47.7. The summed E-state index contributed by atoms with van der Waals surface area (Å²) in [5.41, 5.74) is 0. The molecule has 5 nitrogen and oxygen atoms in total. The molecule has 0 amide bonds. The lowest BCUT2D eigenvalue weighted by molar-refractivity contribution is -0.161. The highest BCUT2D eigenvalue weighted by Crippen LogP contribution is 2.10. The number of aliphatic hydroxyl groups excluding tert-OH is 1. The second kappa shape index (κ2) is 63.5. The number of allylic oxidation sites excluding steroid dienone is 36. The SMILES string of the molecule is CC/C=C\C/C=C\C/C=C\C/C=C\C/C=C\C/C=C\C/C=C\C/C=C\C/C=C\C/C=C\C/C=C\C/C=C\CCCCCCC(=O)OC(CO)COC(=O)CCCC/C=C\C/C=C\C/C=C\C/C=C\C/C=C\C/C=C\CC. The van der Waals surface area contributed by atoms with Gasteiger partial charge in [-0.3, -0.25) is 9.59 Å². The van der Waals surface area contributed by atoms with Crippen LogP contribution >= 0.6 is 0 Å². The third-order valence-corrected chi connectivity index (χ3v) is 11.3. The first kappa shape index (κ1) is 70.2. The second-order valence-electron chi connectivity index (χ2n) is 18.2. The molecule has 1 unspecified atom stereocenters. The Morgan fingerprint density at radius 1 is 0.303 bits per heavy atom. The van der Waals surface area contributed by atoms with Gasteiger partial charge in [-0.1, -0.05) is 245 Å². The predicted octanol–water partition coefficient (Wildman–Crippen LogP) is 20.4. The molecular formula is C71H104O5. The van der Waals surface area contributed by atoms with Gasteiger partial charge in [-0.2, -0.15) is 0 Å². The number of unbranched alkanes of at least 4 members (excludes halogenated alkanes) is 6. The van der Waals surface area contributed by atoms with Gasteiger partial charge in [0, 0.05) is 12.8 Å². The molecule has 0 saturated heterocycles. The predicted molar refractivity (Wildman–Crippen MR) is 333 cm³/mol. The normalized spacial score (nSPS) is 13.9. The van der Waals surface area contributed by atoms with Gasteiger partial charge in [0.1, 0.15) is 6.61 Å². The van der Waals surface area contributed by atoms with Crippen molar-refractivity contribution < 1.29 is 24.2 Å². The molecule has 1 N–H and O–H groups in total. The van der Waals surface area contributed by atoms with Crippen molar-refractivity contribution in [2.45, 2.75) is 200 Å². The lowest BCUT2D eigenvalue weighted by atomic mass is 10.1. The summed E-state index contributed by atoms with van der Waals surface area (Å²) in [5, 5.41) is 9.64. The monoisotopic (exact) mass is 1040 g/mol. The first-order valence-corrected chi connectivity index (χ1v) is 29.3. The molecule has 76 heavy (non-hydrogen) atoms. The molecule has 0 saturated carbocycles. The average Bonchev–Trinajstić information content (AvgIpc) is 3.42. The smallest absolute Gasteiger partial charge is 0.306 e. The van der Waals surface area contributed by atoms with E-state index in [1.807, 2.05) is 0 Å². The van der Waals surface area contributed by atoms with Crippen molar-refractivity contribution in [1.82, 2.24) is 0 Å². The van der Waals surface area contributed by atoms with Crippen molar-refractivity contribution in [3.05, 3.63) is 219 Å². The van der Waals surface area contributed by atoms with Crippen molar-refractivity contribution in [3.63, 3.8) is 0 Å². The van der Waals surface area contributed by atoms with Gasteiger partial charge in [0.15, 0.2) is 6.10 Å². The Morgan fingerprint density at radius 2 is 0.526 bits per heavy atom. The van der Waals surface area contributed by atoms with E-state index in [-0.39, 0.29) is 25.2 Å². The number of aliphatic hydroxyl groups is 1. The number of esters is 2. The average molecular weight is 1040 g/mol. The molecule has 418 valence electrons. The van der Waals surface area contributed by atoms with E-state index in [0.29, 0.717) is 12.8 Å². The summed E-state index contributed by atoms with van der Waals surface area (Å²) < 4.78 is 10.6. The van der Waals surface area contributed by atoms with Gasteiger partial charge in [-0.15, -0.1) is 0 Å². The minimum Gasteiger partial charge on any atom is -0.462 e. The highest BCUT2D eigenvalue weighted by atomic mass is 16.6. The van der Waals surface area contributed by atoms with Crippen molar-refractivity contribution in [2.75, 3.05) is 13.2 Å². The molecule has 0 aliphatic heterocycles. The number of ether oxygens (including phenoxy) is 2. The van der Waals surface area contributed by atoms with Crippen LogP contribution in [-0.2, 0) is 19.1 Å². The van der Waals surface area contributed by atoms with Crippen LogP contribution in [0.15, 0.2) is 219 Å². The van der Waals surface area contributed by atoms with Gasteiger partial charge in [-0.25, -0.2) is 0 Å². The van der Waals surface area contributed by atoms with E-state index < -0.39 is 6.10 Å². The highest BCUT2D eigenvalue weighted by molar-refractivity contribution is 5.70. The fourth-order valence-electron chi connectivity index (χ4n) is 6.95. The summed E-state index contributed by atoms with van der Waals surface area (Å²) in [5.74, 6) is -0.692. The minimum absolute atomic E-state index is 0.115. The Bertz CT molecular complexity index is 1890. The Labute approximate surface area is 465 Å². The molecule has 0 aliphatic carbocycles. The van der Waals surface area contributed by atoms with Crippen LogP contribution in [0, 0.1) is 0 Å². The number of hydrogen-bond acceptors (Lipinski definition) is 5. The van der Waals surface area contributed by atoms with Crippen LogP contribution in [0.25, 0.3) is 0 Å². The van der Waals surface area contributed by atoms with E-state index >= 15 is 0 Å².